The molecule has 0 N–H and O–H groups in total. The number of carbonyl (C=O) groups is 2. The number of hydrogen-bond acceptors (Lipinski definition) is 4. The summed E-state index contributed by atoms with van der Waals surface area (Å²) >= 11 is 4.49. The summed E-state index contributed by atoms with van der Waals surface area (Å²) in [6.07, 6.45) is 1.68. The van der Waals surface area contributed by atoms with Crippen LogP contribution in [0.25, 0.3) is 0 Å². The molecule has 2 bridgehead atoms. The highest BCUT2D eigenvalue weighted by molar-refractivity contribution is 14.1. The molecule has 4 aliphatic rings. The van der Waals surface area contributed by atoms with Crippen LogP contribution < -0.4 is 4.74 Å². The summed E-state index contributed by atoms with van der Waals surface area (Å²) in [6, 6.07) is 20.4. The van der Waals surface area contributed by atoms with Gasteiger partial charge in [-0.25, -0.2) is 0 Å². The predicted molar refractivity (Wildman–Crippen MR) is 151 cm³/mol. The minimum absolute atomic E-state index is 0.0725. The molecule has 1 aliphatic heterocycles. The average molecular weight is 688 g/mol. The minimum Gasteiger partial charge on any atom is -0.489 e. The Labute approximate surface area is 231 Å². The van der Waals surface area contributed by atoms with Crippen LogP contribution in [0.15, 0.2) is 65.8 Å². The van der Waals surface area contributed by atoms with Crippen LogP contribution >= 0.6 is 45.2 Å². The van der Waals surface area contributed by atoms with Gasteiger partial charge in [-0.1, -0.05) is 48.5 Å². The minimum atomic E-state index is -0.420. The Balaban J connectivity index is 1.37. The van der Waals surface area contributed by atoms with Gasteiger partial charge in [0.2, 0.25) is 0 Å². The average Bonchev–Trinajstić information content (AvgIpc) is 3.10. The molecule has 5 nitrogen and oxygen atoms in total. The Hall–Kier alpha value is -2.27. The van der Waals surface area contributed by atoms with E-state index in [0.29, 0.717) is 0 Å². The molecular weight excluding hydrogens is 666 g/mol. The lowest BCUT2D eigenvalue weighted by atomic mass is 9.55. The van der Waals surface area contributed by atoms with Crippen LogP contribution in [0, 0.1) is 19.0 Å². The number of nitrogens with zero attached hydrogens (tertiary/aromatic N) is 2. The first-order valence-corrected chi connectivity index (χ1v) is 13.8. The molecule has 0 saturated carbocycles. The molecule has 3 aliphatic carbocycles. The molecule has 176 valence electrons. The van der Waals surface area contributed by atoms with Gasteiger partial charge in [0.15, 0.2) is 0 Å². The molecule has 1 heterocycles. The summed E-state index contributed by atoms with van der Waals surface area (Å²) in [6.45, 7) is 3.99. The smallest absolute Gasteiger partial charge is 0.254 e. The maximum atomic E-state index is 13.7. The van der Waals surface area contributed by atoms with Gasteiger partial charge in [0.05, 0.1) is 31.3 Å². The largest absolute Gasteiger partial charge is 0.489 e. The Morgan fingerprint density at radius 2 is 1.26 bits per heavy atom. The molecule has 1 fully saturated rings. The first-order chi connectivity index (χ1) is 16.9. The van der Waals surface area contributed by atoms with Gasteiger partial charge < -0.3 is 4.74 Å². The van der Waals surface area contributed by atoms with Crippen molar-refractivity contribution in [3.63, 3.8) is 0 Å². The lowest BCUT2D eigenvalue weighted by molar-refractivity contribution is -0.139. The first kappa shape index (κ1) is 23.1. The van der Waals surface area contributed by atoms with Gasteiger partial charge in [-0.3, -0.25) is 9.59 Å². The molecule has 3 aromatic rings. The number of rotatable bonds is 4. The van der Waals surface area contributed by atoms with Gasteiger partial charge in [0.1, 0.15) is 5.75 Å². The van der Waals surface area contributed by atoms with Crippen molar-refractivity contribution in [2.45, 2.75) is 31.8 Å². The summed E-state index contributed by atoms with van der Waals surface area (Å²) in [5.41, 5.74) is 5.46. The van der Waals surface area contributed by atoms with E-state index in [0.717, 1.165) is 45.7 Å². The van der Waals surface area contributed by atoms with Crippen molar-refractivity contribution >= 4 is 63.2 Å². The summed E-state index contributed by atoms with van der Waals surface area (Å²) in [7, 11) is 0. The second-order valence-corrected chi connectivity index (χ2v) is 11.8. The molecule has 7 heteroatoms. The number of hydrogen-bond donors (Lipinski definition) is 0. The Bertz CT molecular complexity index is 1280. The van der Waals surface area contributed by atoms with Crippen molar-refractivity contribution in [1.29, 1.82) is 0 Å². The molecule has 0 radical (unpaired) electrons. The van der Waals surface area contributed by atoms with Gasteiger partial charge in [0.25, 0.3) is 11.8 Å². The molecule has 2 atom stereocenters. The Kier molecular flexibility index (Phi) is 5.75. The zero-order valence-corrected chi connectivity index (χ0v) is 23.4. The molecule has 2 amide bonds. The van der Waals surface area contributed by atoms with Crippen molar-refractivity contribution < 1.29 is 14.3 Å². The maximum absolute atomic E-state index is 13.7. The van der Waals surface area contributed by atoms with Crippen molar-refractivity contribution in [3.05, 3.63) is 95.6 Å². The molecule has 0 spiro atoms. The lowest BCUT2D eigenvalue weighted by Crippen LogP contribution is -2.41. The summed E-state index contributed by atoms with van der Waals surface area (Å²) in [4.78, 5) is 27.3. The van der Waals surface area contributed by atoms with Gasteiger partial charge in [-0.2, -0.15) is 10.1 Å². The number of benzene rings is 3. The van der Waals surface area contributed by atoms with Gasteiger partial charge in [-0.05, 0) is 99.0 Å². The van der Waals surface area contributed by atoms with Crippen LogP contribution in [0.2, 0.25) is 0 Å². The van der Waals surface area contributed by atoms with E-state index in [-0.39, 0.29) is 29.8 Å². The van der Waals surface area contributed by atoms with Crippen molar-refractivity contribution in [1.82, 2.24) is 5.01 Å². The Morgan fingerprint density at radius 1 is 0.829 bits per heavy atom. The van der Waals surface area contributed by atoms with E-state index in [9.17, 15) is 9.59 Å². The quantitative estimate of drug-likeness (QED) is 0.195. The third-order valence-corrected chi connectivity index (χ3v) is 8.72. The van der Waals surface area contributed by atoms with Crippen LogP contribution in [-0.2, 0) is 9.59 Å². The predicted octanol–water partition coefficient (Wildman–Crippen LogP) is 5.91. The van der Waals surface area contributed by atoms with Crippen LogP contribution in [0.1, 0.15) is 53.5 Å². The van der Waals surface area contributed by atoms with E-state index in [1.165, 1.54) is 0 Å². The van der Waals surface area contributed by atoms with E-state index in [4.69, 9.17) is 4.74 Å². The molecule has 0 unspecified atom stereocenters. The van der Waals surface area contributed by atoms with E-state index < -0.39 is 11.8 Å². The summed E-state index contributed by atoms with van der Waals surface area (Å²) in [5, 5.41) is 5.55. The fourth-order valence-corrected chi connectivity index (χ4v) is 7.97. The van der Waals surface area contributed by atoms with Gasteiger partial charge in [-0.15, -0.1) is 0 Å². The monoisotopic (exact) mass is 688 g/mol. The van der Waals surface area contributed by atoms with Crippen molar-refractivity contribution in [2.75, 3.05) is 0 Å². The number of hydrazone groups is 1. The van der Waals surface area contributed by atoms with E-state index in [2.05, 4.69) is 74.5 Å². The maximum Gasteiger partial charge on any atom is 0.254 e. The fraction of sp³-hybridized carbons (Fsp3) is 0.250. The van der Waals surface area contributed by atoms with Crippen molar-refractivity contribution in [3.8, 4) is 5.75 Å². The second kappa shape index (κ2) is 8.69. The molecule has 35 heavy (non-hydrogen) atoms. The number of halogens is 2. The van der Waals surface area contributed by atoms with Gasteiger partial charge in [0, 0.05) is 11.8 Å². The standard InChI is InChI=1S/C28H22I2N2O3/c1-14(2)35-26-20(29)11-15(12-21(26)30)13-31-32-27(33)24-22-16-7-3-4-8-17(16)23(25(24)28(32)34)19-10-6-5-9-18(19)22/h3-14,22-25H,1-2H3/b31-13-/t22?,23?,24-,25-/m1/s1. The third-order valence-electron chi connectivity index (χ3n) is 7.12. The number of imide groups is 1. The SMILES string of the molecule is CC(C)Oc1c(I)cc(/C=N\N2C(=O)[C@@H]3C4c5ccccc5C(c5ccccc54)[C@H]3C2=O)cc1I. The summed E-state index contributed by atoms with van der Waals surface area (Å²) in [5.74, 6) is -0.663. The third kappa shape index (κ3) is 3.56. The topological polar surface area (TPSA) is 59.0 Å². The number of amides is 2. The molecule has 3 aromatic carbocycles. The number of ether oxygens (including phenoxy) is 1. The van der Waals surface area contributed by atoms with Gasteiger partial charge >= 0.3 is 0 Å². The van der Waals surface area contributed by atoms with Crippen LogP contribution in [0.4, 0.5) is 0 Å². The normalized spacial score (nSPS) is 24.2. The fourth-order valence-electron chi connectivity index (χ4n) is 5.90. The zero-order chi connectivity index (χ0) is 24.4. The lowest BCUT2D eigenvalue weighted by Gasteiger charge is -2.45. The molecule has 1 saturated heterocycles. The Morgan fingerprint density at radius 3 is 1.66 bits per heavy atom. The molecular formula is C28H22I2N2O3. The zero-order valence-electron chi connectivity index (χ0n) is 19.1. The highest BCUT2D eigenvalue weighted by Crippen LogP contribution is 2.60. The van der Waals surface area contributed by atoms with E-state index in [1.807, 2.05) is 50.2 Å². The van der Waals surface area contributed by atoms with E-state index >= 15 is 0 Å². The highest BCUT2D eigenvalue weighted by atomic mass is 127. The van der Waals surface area contributed by atoms with Crippen molar-refractivity contribution in [2.24, 2.45) is 16.9 Å². The first-order valence-electron chi connectivity index (χ1n) is 11.6. The van der Waals surface area contributed by atoms with E-state index in [1.54, 1.807) is 6.21 Å². The van der Waals surface area contributed by atoms with Crippen LogP contribution in [0.5, 0.6) is 5.75 Å². The van der Waals surface area contributed by atoms with Crippen LogP contribution in [-0.4, -0.2) is 29.1 Å². The highest BCUT2D eigenvalue weighted by Gasteiger charge is 2.61. The summed E-state index contributed by atoms with van der Waals surface area (Å²) < 4.78 is 7.84. The van der Waals surface area contributed by atoms with Crippen LogP contribution in [0.3, 0.4) is 0 Å². The molecule has 0 aromatic heterocycles. The molecule has 7 rings (SSSR count). The number of carbonyl (C=O) groups excluding carboxylic acids is 2. The second-order valence-electron chi connectivity index (χ2n) is 9.48.